The molecule has 0 bridgehead atoms. The minimum absolute atomic E-state index is 0.0964. The third kappa shape index (κ3) is 4.01. The lowest BCUT2D eigenvalue weighted by Crippen LogP contribution is -2.16. The van der Waals surface area contributed by atoms with Crippen molar-refractivity contribution in [2.45, 2.75) is 13.2 Å². The molecule has 3 aromatic rings. The van der Waals surface area contributed by atoms with Gasteiger partial charge in [-0.25, -0.2) is 14.1 Å². The van der Waals surface area contributed by atoms with Crippen molar-refractivity contribution in [3.8, 4) is 0 Å². The molecule has 6 nitrogen and oxygen atoms in total. The summed E-state index contributed by atoms with van der Waals surface area (Å²) in [5.74, 6) is -1.55. The second-order valence-corrected chi connectivity index (χ2v) is 5.71. The normalized spacial score (nSPS) is 10.7. The Hall–Kier alpha value is -2.77. The molecule has 1 amide bonds. The van der Waals surface area contributed by atoms with E-state index in [9.17, 15) is 9.18 Å². The van der Waals surface area contributed by atoms with E-state index in [0.717, 1.165) is 5.56 Å². The van der Waals surface area contributed by atoms with Crippen molar-refractivity contribution >= 4 is 23.2 Å². The van der Waals surface area contributed by atoms with Crippen molar-refractivity contribution in [3.05, 3.63) is 76.6 Å². The molecule has 0 unspecified atom stereocenters. The highest BCUT2D eigenvalue weighted by Gasteiger charge is 2.16. The zero-order valence-corrected chi connectivity index (χ0v) is 13.7. The molecular formula is C17H14ClFN4O2. The van der Waals surface area contributed by atoms with Crippen molar-refractivity contribution in [2.24, 2.45) is 0 Å². The topological polar surface area (TPSA) is 80.0 Å². The number of nitrogens with one attached hydrogen (secondary N) is 1. The molecule has 25 heavy (non-hydrogen) atoms. The van der Waals surface area contributed by atoms with Gasteiger partial charge in [0.15, 0.2) is 5.82 Å². The molecule has 0 radical (unpaired) electrons. The van der Waals surface area contributed by atoms with Crippen LogP contribution in [0.2, 0.25) is 5.02 Å². The zero-order chi connectivity index (χ0) is 17.8. The molecule has 2 N–H and O–H groups in total. The number of hydrogen-bond acceptors (Lipinski definition) is 4. The second kappa shape index (κ2) is 7.42. The van der Waals surface area contributed by atoms with E-state index in [1.165, 1.54) is 23.1 Å². The molecule has 128 valence electrons. The number of anilines is 1. The maximum atomic E-state index is 14.0. The number of aromatic nitrogens is 3. The summed E-state index contributed by atoms with van der Waals surface area (Å²) in [5.41, 5.74) is 1.25. The first-order valence-corrected chi connectivity index (χ1v) is 7.78. The third-order valence-electron chi connectivity index (χ3n) is 3.45. The Bertz CT molecular complexity index is 899. The molecule has 1 aromatic heterocycles. The molecular weight excluding hydrogens is 347 g/mol. The van der Waals surface area contributed by atoms with Crippen LogP contribution in [-0.2, 0) is 13.2 Å². The van der Waals surface area contributed by atoms with Gasteiger partial charge in [0.1, 0.15) is 6.33 Å². The lowest BCUT2D eigenvalue weighted by Gasteiger charge is -2.08. The molecule has 0 spiro atoms. The minimum Gasteiger partial charge on any atom is -0.392 e. The molecule has 1 heterocycles. The number of aliphatic hydroxyl groups is 1. The second-order valence-electron chi connectivity index (χ2n) is 5.30. The number of carbonyl (C=O) groups excluding carboxylic acids is 1. The zero-order valence-electron chi connectivity index (χ0n) is 13.0. The van der Waals surface area contributed by atoms with Gasteiger partial charge in [-0.05, 0) is 23.3 Å². The molecule has 0 aliphatic carbocycles. The molecule has 0 saturated heterocycles. The van der Waals surface area contributed by atoms with Crippen molar-refractivity contribution in [1.29, 1.82) is 0 Å². The molecule has 0 aliphatic rings. The van der Waals surface area contributed by atoms with Crippen molar-refractivity contribution in [3.63, 3.8) is 0 Å². The monoisotopic (exact) mass is 360 g/mol. The van der Waals surface area contributed by atoms with Gasteiger partial charge in [0.25, 0.3) is 5.91 Å². The van der Waals surface area contributed by atoms with Crippen LogP contribution in [0, 0.1) is 5.82 Å². The van der Waals surface area contributed by atoms with Gasteiger partial charge >= 0.3 is 0 Å². The summed E-state index contributed by atoms with van der Waals surface area (Å²) < 4.78 is 15.5. The van der Waals surface area contributed by atoms with E-state index in [4.69, 9.17) is 16.7 Å². The van der Waals surface area contributed by atoms with Gasteiger partial charge in [-0.3, -0.25) is 4.79 Å². The average molecular weight is 361 g/mol. The lowest BCUT2D eigenvalue weighted by atomic mass is 10.2. The van der Waals surface area contributed by atoms with Crippen LogP contribution in [0.5, 0.6) is 0 Å². The summed E-state index contributed by atoms with van der Waals surface area (Å²) in [5, 5.41) is 15.4. The Morgan fingerprint density at radius 1 is 1.24 bits per heavy atom. The van der Waals surface area contributed by atoms with Crippen molar-refractivity contribution in [1.82, 2.24) is 14.8 Å². The average Bonchev–Trinajstić information content (AvgIpc) is 3.08. The molecule has 2 aromatic carbocycles. The van der Waals surface area contributed by atoms with Gasteiger partial charge in [-0.2, -0.15) is 0 Å². The number of halogens is 2. The van der Waals surface area contributed by atoms with Crippen molar-refractivity contribution < 1.29 is 14.3 Å². The quantitative estimate of drug-likeness (QED) is 0.733. The van der Waals surface area contributed by atoms with Gasteiger partial charge in [0, 0.05) is 0 Å². The highest BCUT2D eigenvalue weighted by Crippen LogP contribution is 2.25. The summed E-state index contributed by atoms with van der Waals surface area (Å²) in [4.78, 5) is 16.2. The Kier molecular flexibility index (Phi) is 5.06. The van der Waals surface area contributed by atoms with Crippen LogP contribution in [0.15, 0.2) is 48.8 Å². The first-order chi connectivity index (χ1) is 12.1. The van der Waals surface area contributed by atoms with Gasteiger partial charge in [-0.1, -0.05) is 41.9 Å². The van der Waals surface area contributed by atoms with Crippen LogP contribution in [0.3, 0.4) is 0 Å². The van der Waals surface area contributed by atoms with Gasteiger partial charge in [-0.15, -0.1) is 5.10 Å². The number of carbonyl (C=O) groups is 1. The first kappa shape index (κ1) is 17.1. The van der Waals surface area contributed by atoms with Gasteiger partial charge in [0.2, 0.25) is 5.82 Å². The third-order valence-corrected chi connectivity index (χ3v) is 3.72. The number of aliphatic hydroxyl groups excluding tert-OH is 1. The van der Waals surface area contributed by atoms with E-state index < -0.39 is 11.7 Å². The fraction of sp³-hybridized carbons (Fsp3) is 0.118. The smallest absolute Gasteiger partial charge is 0.295 e. The maximum absolute atomic E-state index is 14.0. The van der Waals surface area contributed by atoms with E-state index in [1.54, 1.807) is 0 Å². The summed E-state index contributed by atoms with van der Waals surface area (Å²) in [6, 6.07) is 12.2. The number of amides is 1. The highest BCUT2D eigenvalue weighted by atomic mass is 35.5. The standard InChI is InChI=1S/C17H14ClFN4O2/c18-13-6-12(9-24)7-14(15(13)19)21-17(25)16-20-10-23(22-16)8-11-4-2-1-3-5-11/h1-7,10,24H,8-9H2,(H,21,25). The largest absolute Gasteiger partial charge is 0.392 e. The van der Waals surface area contributed by atoms with E-state index in [-0.39, 0.29) is 23.1 Å². The molecule has 8 heteroatoms. The van der Waals surface area contributed by atoms with Crippen LogP contribution in [0.4, 0.5) is 10.1 Å². The maximum Gasteiger partial charge on any atom is 0.295 e. The summed E-state index contributed by atoms with van der Waals surface area (Å²) in [6.45, 7) is 0.133. The number of hydrogen-bond donors (Lipinski definition) is 2. The van der Waals surface area contributed by atoms with Crippen molar-refractivity contribution in [2.75, 3.05) is 5.32 Å². The predicted octanol–water partition coefficient (Wildman–Crippen LogP) is 2.86. The number of rotatable bonds is 5. The van der Waals surface area contributed by atoms with E-state index in [2.05, 4.69) is 15.4 Å². The Labute approximate surface area is 147 Å². The predicted molar refractivity (Wildman–Crippen MR) is 90.9 cm³/mol. The van der Waals surface area contributed by atoms with E-state index in [0.29, 0.717) is 12.1 Å². The fourth-order valence-electron chi connectivity index (χ4n) is 2.25. The molecule has 0 aliphatic heterocycles. The molecule has 0 atom stereocenters. The Balaban J connectivity index is 1.75. The summed E-state index contributed by atoms with van der Waals surface area (Å²) in [6.07, 6.45) is 1.43. The molecule has 3 rings (SSSR count). The SMILES string of the molecule is O=C(Nc1cc(CO)cc(Cl)c1F)c1ncn(Cc2ccccc2)n1. The molecule has 0 fully saturated rings. The van der Waals surface area contributed by atoms with Crippen LogP contribution in [-0.4, -0.2) is 25.8 Å². The first-order valence-electron chi connectivity index (χ1n) is 7.40. The highest BCUT2D eigenvalue weighted by molar-refractivity contribution is 6.31. The van der Waals surface area contributed by atoms with Crippen LogP contribution >= 0.6 is 11.6 Å². The molecule has 0 saturated carbocycles. The van der Waals surface area contributed by atoms with Crippen LogP contribution < -0.4 is 5.32 Å². The van der Waals surface area contributed by atoms with Crippen LogP contribution in [0.25, 0.3) is 0 Å². The van der Waals surface area contributed by atoms with Gasteiger partial charge < -0.3 is 10.4 Å². The van der Waals surface area contributed by atoms with Crippen LogP contribution in [0.1, 0.15) is 21.7 Å². The Morgan fingerprint density at radius 3 is 2.72 bits per heavy atom. The van der Waals surface area contributed by atoms with Gasteiger partial charge in [0.05, 0.1) is 23.9 Å². The lowest BCUT2D eigenvalue weighted by molar-refractivity contribution is 0.101. The summed E-state index contributed by atoms with van der Waals surface area (Å²) >= 11 is 5.75. The minimum atomic E-state index is -0.782. The Morgan fingerprint density at radius 2 is 2.00 bits per heavy atom. The van der Waals surface area contributed by atoms with E-state index in [1.807, 2.05) is 30.3 Å². The van der Waals surface area contributed by atoms with E-state index >= 15 is 0 Å². The number of nitrogens with zero attached hydrogens (tertiary/aromatic N) is 3. The fourth-order valence-corrected chi connectivity index (χ4v) is 2.49. The summed E-state index contributed by atoms with van der Waals surface area (Å²) in [7, 11) is 0. The number of benzene rings is 2.